The molecule has 2 fully saturated rings. The number of carbonyl (C=O) groups excluding carboxylic acids is 2. The number of amides is 3. The molecule has 1 saturated carbocycles. The normalized spacial score (nSPS) is 25.2. The Morgan fingerprint density at radius 3 is 2.59 bits per heavy atom. The fourth-order valence-electron chi connectivity index (χ4n) is 4.40. The highest BCUT2D eigenvalue weighted by molar-refractivity contribution is 5.97. The van der Waals surface area contributed by atoms with E-state index in [1.54, 1.807) is 11.9 Å². The number of nitrogens with zero attached hydrogens (tertiary/aromatic N) is 2. The number of hydrogen-bond acceptors (Lipinski definition) is 3. The molecule has 0 bridgehead atoms. The van der Waals surface area contributed by atoms with Crippen LogP contribution >= 0.6 is 0 Å². The van der Waals surface area contributed by atoms with E-state index in [9.17, 15) is 22.8 Å². The fourth-order valence-corrected chi connectivity index (χ4v) is 4.40. The first-order valence-electron chi connectivity index (χ1n) is 9.94. The summed E-state index contributed by atoms with van der Waals surface area (Å²) in [6.45, 7) is 0.562. The van der Waals surface area contributed by atoms with Crippen molar-refractivity contribution in [2.24, 2.45) is 0 Å². The Hall–Kier alpha value is -2.45. The number of benzene rings is 1. The van der Waals surface area contributed by atoms with Crippen LogP contribution in [0.4, 0.5) is 18.0 Å². The molecule has 0 aromatic heterocycles. The molecule has 0 radical (unpaired) electrons. The van der Waals surface area contributed by atoms with Crippen LogP contribution in [0.5, 0.6) is 5.75 Å². The van der Waals surface area contributed by atoms with Crippen LogP contribution in [0.15, 0.2) is 18.2 Å². The molecule has 9 heteroatoms. The van der Waals surface area contributed by atoms with E-state index in [0.717, 1.165) is 37.8 Å². The molecule has 1 N–H and O–H groups in total. The van der Waals surface area contributed by atoms with Gasteiger partial charge in [-0.3, -0.25) is 4.79 Å². The van der Waals surface area contributed by atoms with Crippen molar-refractivity contribution in [1.82, 2.24) is 15.1 Å². The zero-order valence-electron chi connectivity index (χ0n) is 16.2. The molecule has 1 aliphatic carbocycles. The summed E-state index contributed by atoms with van der Waals surface area (Å²) in [4.78, 5) is 28.5. The molecule has 1 aromatic rings. The van der Waals surface area contributed by atoms with Gasteiger partial charge in [-0.1, -0.05) is 19.3 Å². The maximum Gasteiger partial charge on any atom is 0.416 e. The number of hydrogen-bond donors (Lipinski definition) is 1. The fraction of sp³-hybridized carbons (Fsp3) is 0.600. The van der Waals surface area contributed by atoms with Crippen molar-refractivity contribution >= 4 is 11.9 Å². The summed E-state index contributed by atoms with van der Waals surface area (Å²) in [6, 6.07) is 2.52. The smallest absolute Gasteiger partial charge is 0.416 e. The van der Waals surface area contributed by atoms with Crippen LogP contribution in [0.1, 0.15) is 48.0 Å². The largest absolute Gasteiger partial charge is 0.486 e. The van der Waals surface area contributed by atoms with E-state index in [-0.39, 0.29) is 36.5 Å². The molecule has 2 unspecified atom stereocenters. The van der Waals surface area contributed by atoms with E-state index in [1.165, 1.54) is 17.4 Å². The monoisotopic (exact) mass is 411 g/mol. The summed E-state index contributed by atoms with van der Waals surface area (Å²) in [6.07, 6.45) is 0.312. The minimum atomic E-state index is -4.54. The van der Waals surface area contributed by atoms with Gasteiger partial charge >= 0.3 is 12.2 Å². The number of likely N-dealkylation sites (N-methyl/N-ethyl adjacent to an activating group) is 1. The molecule has 6 nitrogen and oxygen atoms in total. The van der Waals surface area contributed by atoms with Gasteiger partial charge in [0.2, 0.25) is 0 Å². The number of halogens is 3. The van der Waals surface area contributed by atoms with Crippen LogP contribution in [0.25, 0.3) is 0 Å². The van der Waals surface area contributed by atoms with Gasteiger partial charge in [-0.25, -0.2) is 4.79 Å². The highest BCUT2D eigenvalue weighted by Crippen LogP contribution is 2.36. The highest BCUT2D eigenvalue weighted by Gasteiger charge is 2.44. The second-order valence-corrected chi connectivity index (χ2v) is 8.04. The number of ether oxygens (including phenoxy) is 1. The Labute approximate surface area is 167 Å². The lowest BCUT2D eigenvalue weighted by Gasteiger charge is -2.27. The van der Waals surface area contributed by atoms with Crippen molar-refractivity contribution in [1.29, 1.82) is 0 Å². The Balaban J connectivity index is 1.51. The van der Waals surface area contributed by atoms with Crippen molar-refractivity contribution < 1.29 is 27.5 Å². The van der Waals surface area contributed by atoms with E-state index in [0.29, 0.717) is 0 Å². The van der Waals surface area contributed by atoms with Gasteiger partial charge < -0.3 is 19.9 Å². The topological polar surface area (TPSA) is 61.9 Å². The van der Waals surface area contributed by atoms with Gasteiger partial charge in [0.05, 0.1) is 23.7 Å². The quantitative estimate of drug-likeness (QED) is 0.772. The number of nitrogens with one attached hydrogen (secondary N) is 1. The van der Waals surface area contributed by atoms with Crippen LogP contribution in [-0.2, 0) is 6.18 Å². The van der Waals surface area contributed by atoms with Gasteiger partial charge in [0, 0.05) is 19.6 Å². The number of rotatable bonds is 1. The molecule has 2 heterocycles. The SMILES string of the molecule is CN1C(=O)c2cc(C(F)(F)F)ccc2OC2CN(C(=O)NC3CCCCC3)CC21. The second kappa shape index (κ2) is 7.42. The van der Waals surface area contributed by atoms with Gasteiger partial charge in [-0.15, -0.1) is 0 Å². The van der Waals surface area contributed by atoms with Gasteiger partial charge in [0.15, 0.2) is 0 Å². The average Bonchev–Trinajstić information content (AvgIpc) is 3.07. The molecule has 3 amide bonds. The first-order valence-corrected chi connectivity index (χ1v) is 9.94. The maximum absolute atomic E-state index is 13.0. The van der Waals surface area contributed by atoms with Gasteiger partial charge in [0.25, 0.3) is 5.91 Å². The van der Waals surface area contributed by atoms with Gasteiger partial charge in [-0.05, 0) is 31.0 Å². The molecular formula is C20H24F3N3O3. The molecule has 158 valence electrons. The minimum absolute atomic E-state index is 0.102. The summed E-state index contributed by atoms with van der Waals surface area (Å²) < 4.78 is 45.0. The molecule has 2 aliphatic heterocycles. The first-order chi connectivity index (χ1) is 13.7. The van der Waals surface area contributed by atoms with Crippen molar-refractivity contribution in [2.75, 3.05) is 20.1 Å². The molecule has 4 rings (SSSR count). The summed E-state index contributed by atoms with van der Waals surface area (Å²) in [5, 5.41) is 3.06. The highest BCUT2D eigenvalue weighted by atomic mass is 19.4. The number of fused-ring (bicyclic) bond motifs is 2. The van der Waals surface area contributed by atoms with Crippen LogP contribution in [-0.4, -0.2) is 60.1 Å². The summed E-state index contributed by atoms with van der Waals surface area (Å²) in [5.74, 6) is -0.412. The van der Waals surface area contributed by atoms with Gasteiger partial charge in [-0.2, -0.15) is 13.2 Å². The summed E-state index contributed by atoms with van der Waals surface area (Å²) >= 11 is 0. The average molecular weight is 411 g/mol. The summed E-state index contributed by atoms with van der Waals surface area (Å²) in [7, 11) is 1.54. The van der Waals surface area contributed by atoms with Crippen LogP contribution in [0.3, 0.4) is 0 Å². The number of alkyl halides is 3. The Kier molecular flexibility index (Phi) is 5.08. The summed E-state index contributed by atoms with van der Waals surface area (Å²) in [5.41, 5.74) is -0.989. The molecule has 1 saturated heterocycles. The first kappa shape index (κ1) is 19.8. The van der Waals surface area contributed by atoms with Crippen molar-refractivity contribution in [3.63, 3.8) is 0 Å². The second-order valence-electron chi connectivity index (χ2n) is 8.04. The third kappa shape index (κ3) is 3.86. The molecule has 1 aromatic carbocycles. The van der Waals surface area contributed by atoms with Gasteiger partial charge in [0.1, 0.15) is 11.9 Å². The zero-order chi connectivity index (χ0) is 20.8. The van der Waals surface area contributed by atoms with Crippen LogP contribution < -0.4 is 10.1 Å². The lowest BCUT2D eigenvalue weighted by molar-refractivity contribution is -0.137. The zero-order valence-corrected chi connectivity index (χ0v) is 16.2. The molecule has 2 atom stereocenters. The number of urea groups is 1. The van der Waals surface area contributed by atoms with Crippen LogP contribution in [0.2, 0.25) is 0 Å². The predicted molar refractivity (Wildman–Crippen MR) is 98.7 cm³/mol. The molecular weight excluding hydrogens is 387 g/mol. The predicted octanol–water partition coefficient (Wildman–Crippen LogP) is 3.26. The third-order valence-corrected chi connectivity index (χ3v) is 6.09. The standard InChI is InChI=1S/C20H24F3N3O3/c1-25-15-10-26(19(28)24-13-5-3-2-4-6-13)11-17(15)29-16-8-7-12(20(21,22)23)9-14(16)18(25)27/h7-9,13,15,17H,2-6,10-11H2,1H3,(H,24,28). The van der Waals surface area contributed by atoms with E-state index >= 15 is 0 Å². The molecule has 29 heavy (non-hydrogen) atoms. The lowest BCUT2D eigenvalue weighted by atomic mass is 9.96. The van der Waals surface area contributed by atoms with Crippen molar-refractivity contribution in [3.8, 4) is 5.75 Å². The maximum atomic E-state index is 13.0. The van der Waals surface area contributed by atoms with E-state index in [1.807, 2.05) is 0 Å². The Morgan fingerprint density at radius 2 is 1.90 bits per heavy atom. The van der Waals surface area contributed by atoms with Crippen molar-refractivity contribution in [3.05, 3.63) is 29.3 Å². The Bertz CT molecular complexity index is 808. The van der Waals surface area contributed by atoms with E-state index < -0.39 is 29.8 Å². The van der Waals surface area contributed by atoms with E-state index in [2.05, 4.69) is 5.32 Å². The molecule has 0 spiro atoms. The third-order valence-electron chi connectivity index (χ3n) is 6.09. The lowest BCUT2D eigenvalue weighted by Crippen LogP contribution is -2.46. The Morgan fingerprint density at radius 1 is 1.17 bits per heavy atom. The van der Waals surface area contributed by atoms with E-state index in [4.69, 9.17) is 4.74 Å². The molecule has 3 aliphatic rings. The number of carbonyl (C=O) groups is 2. The minimum Gasteiger partial charge on any atom is -0.486 e. The number of likely N-dealkylation sites (tertiary alicyclic amines) is 1. The van der Waals surface area contributed by atoms with Crippen molar-refractivity contribution in [2.45, 2.75) is 56.5 Å². The van der Waals surface area contributed by atoms with Crippen LogP contribution in [0, 0.1) is 0 Å².